The zero-order valence-corrected chi connectivity index (χ0v) is 18.4. The van der Waals surface area contributed by atoms with Gasteiger partial charge in [-0.05, 0) is 56.7 Å². The minimum Gasteiger partial charge on any atom is -0.395 e. The molecular formula is C22H32O2SSi. The van der Waals surface area contributed by atoms with Crippen molar-refractivity contribution in [3.05, 3.63) is 71.8 Å². The van der Waals surface area contributed by atoms with Crippen LogP contribution < -0.4 is 0 Å². The highest BCUT2D eigenvalue weighted by molar-refractivity contribution is 8.00. The second kappa shape index (κ2) is 10.3. The van der Waals surface area contributed by atoms with Gasteiger partial charge in [-0.1, -0.05) is 60.7 Å². The van der Waals surface area contributed by atoms with E-state index >= 15 is 0 Å². The van der Waals surface area contributed by atoms with Crippen LogP contribution in [-0.4, -0.2) is 27.5 Å². The van der Waals surface area contributed by atoms with E-state index in [-0.39, 0.29) is 4.75 Å². The molecule has 2 aromatic rings. The van der Waals surface area contributed by atoms with Crippen molar-refractivity contribution >= 4 is 20.3 Å². The summed E-state index contributed by atoms with van der Waals surface area (Å²) in [6, 6.07) is 22.7. The van der Waals surface area contributed by atoms with Gasteiger partial charge in [0.25, 0.3) is 0 Å². The Morgan fingerprint density at radius 2 is 1.31 bits per heavy atom. The zero-order valence-electron chi connectivity index (χ0n) is 16.5. The van der Waals surface area contributed by atoms with Crippen molar-refractivity contribution < 1.29 is 8.85 Å². The van der Waals surface area contributed by atoms with Gasteiger partial charge in [0.05, 0.1) is 4.75 Å². The van der Waals surface area contributed by atoms with Crippen LogP contribution in [0.2, 0.25) is 12.6 Å². The van der Waals surface area contributed by atoms with Crippen LogP contribution in [0.5, 0.6) is 0 Å². The molecule has 0 atom stereocenters. The first kappa shape index (κ1) is 21.2. The predicted molar refractivity (Wildman–Crippen MR) is 116 cm³/mol. The Morgan fingerprint density at radius 1 is 0.846 bits per heavy atom. The quantitative estimate of drug-likeness (QED) is 0.336. The molecule has 2 aromatic carbocycles. The second-order valence-corrected chi connectivity index (χ2v) is 11.6. The number of rotatable bonds is 11. The van der Waals surface area contributed by atoms with Crippen LogP contribution in [0.15, 0.2) is 60.7 Å². The van der Waals surface area contributed by atoms with Crippen LogP contribution in [-0.2, 0) is 13.6 Å². The summed E-state index contributed by atoms with van der Waals surface area (Å²) in [5.41, 5.74) is 2.71. The second-order valence-electron chi connectivity index (χ2n) is 6.72. The SMILES string of the molecule is CCO[Si](C)(CCCSC(C)(c1ccccc1)c1ccccc1)OCC. The Labute approximate surface area is 164 Å². The number of hydrogen-bond donors (Lipinski definition) is 0. The van der Waals surface area contributed by atoms with Gasteiger partial charge in [0.15, 0.2) is 0 Å². The van der Waals surface area contributed by atoms with Gasteiger partial charge < -0.3 is 8.85 Å². The first-order valence-electron chi connectivity index (χ1n) is 9.57. The normalized spacial score (nSPS) is 12.3. The van der Waals surface area contributed by atoms with E-state index in [1.54, 1.807) is 0 Å². The summed E-state index contributed by atoms with van der Waals surface area (Å²) < 4.78 is 11.9. The Balaban J connectivity index is 2.07. The molecule has 2 rings (SSSR count). The molecule has 0 radical (unpaired) electrons. The molecule has 0 bridgehead atoms. The van der Waals surface area contributed by atoms with Crippen molar-refractivity contribution in [1.29, 1.82) is 0 Å². The van der Waals surface area contributed by atoms with Gasteiger partial charge in [-0.2, -0.15) is 0 Å². The minimum atomic E-state index is -2.02. The first-order chi connectivity index (χ1) is 12.5. The molecule has 0 N–H and O–H groups in total. The van der Waals surface area contributed by atoms with E-state index in [2.05, 4.69) is 88.0 Å². The predicted octanol–water partition coefficient (Wildman–Crippen LogP) is 6.22. The fourth-order valence-corrected chi connectivity index (χ4v) is 7.28. The fourth-order valence-electron chi connectivity index (χ4n) is 3.31. The van der Waals surface area contributed by atoms with E-state index in [0.717, 1.165) is 31.4 Å². The molecule has 0 aromatic heterocycles. The van der Waals surface area contributed by atoms with Crippen molar-refractivity contribution in [1.82, 2.24) is 0 Å². The van der Waals surface area contributed by atoms with Gasteiger partial charge in [0.2, 0.25) is 0 Å². The summed E-state index contributed by atoms with van der Waals surface area (Å²) in [6.07, 6.45) is 1.11. The van der Waals surface area contributed by atoms with Gasteiger partial charge in [-0.25, -0.2) is 0 Å². The lowest BCUT2D eigenvalue weighted by Gasteiger charge is -2.31. The highest BCUT2D eigenvalue weighted by Crippen LogP contribution is 2.43. The molecule has 26 heavy (non-hydrogen) atoms. The lowest BCUT2D eigenvalue weighted by Crippen LogP contribution is -2.38. The zero-order chi connectivity index (χ0) is 18.9. The van der Waals surface area contributed by atoms with Crippen LogP contribution in [0.1, 0.15) is 38.3 Å². The standard InChI is InChI=1S/C22H32O2SSi/c1-5-23-26(4,24-6-2)19-13-18-25-22(3,20-14-9-7-10-15-20)21-16-11-8-12-17-21/h7-12,14-17H,5-6,13,18-19H2,1-4H3. The lowest BCUT2D eigenvalue weighted by molar-refractivity contribution is 0.189. The summed E-state index contributed by atoms with van der Waals surface area (Å²) in [6.45, 7) is 10.1. The summed E-state index contributed by atoms with van der Waals surface area (Å²) in [7, 11) is -2.02. The molecule has 0 saturated carbocycles. The number of benzene rings is 2. The first-order valence-corrected chi connectivity index (χ1v) is 13.1. The molecule has 142 valence electrons. The maximum atomic E-state index is 5.98. The third-order valence-corrected chi connectivity index (χ3v) is 9.32. The third kappa shape index (κ3) is 5.71. The van der Waals surface area contributed by atoms with Gasteiger partial charge >= 0.3 is 8.56 Å². The van der Waals surface area contributed by atoms with E-state index in [1.165, 1.54) is 11.1 Å². The molecule has 4 heteroatoms. The molecule has 2 nitrogen and oxygen atoms in total. The summed E-state index contributed by atoms with van der Waals surface area (Å²) in [5.74, 6) is 1.09. The summed E-state index contributed by atoms with van der Waals surface area (Å²) in [4.78, 5) is 0. The average molecular weight is 389 g/mol. The molecule has 0 aliphatic carbocycles. The molecule has 0 spiro atoms. The molecule has 0 amide bonds. The highest BCUT2D eigenvalue weighted by atomic mass is 32.2. The third-order valence-electron chi connectivity index (χ3n) is 4.71. The highest BCUT2D eigenvalue weighted by Gasteiger charge is 2.32. The fraction of sp³-hybridized carbons (Fsp3) is 0.455. The molecule has 0 aliphatic heterocycles. The smallest absolute Gasteiger partial charge is 0.334 e. The van der Waals surface area contributed by atoms with E-state index in [9.17, 15) is 0 Å². The minimum absolute atomic E-state index is 0.0439. The monoisotopic (exact) mass is 388 g/mol. The Hall–Kier alpha value is -1.07. The Bertz CT molecular complexity index is 588. The van der Waals surface area contributed by atoms with E-state index in [4.69, 9.17) is 8.85 Å². The van der Waals surface area contributed by atoms with Crippen molar-refractivity contribution in [2.24, 2.45) is 0 Å². The maximum Gasteiger partial charge on any atom is 0.334 e. The van der Waals surface area contributed by atoms with Crippen LogP contribution in [0.4, 0.5) is 0 Å². The van der Waals surface area contributed by atoms with Gasteiger partial charge in [-0.3, -0.25) is 0 Å². The van der Waals surface area contributed by atoms with Crippen LogP contribution >= 0.6 is 11.8 Å². The Morgan fingerprint density at radius 3 is 1.73 bits per heavy atom. The number of thioether (sulfide) groups is 1. The van der Waals surface area contributed by atoms with Gasteiger partial charge in [-0.15, -0.1) is 11.8 Å². The number of hydrogen-bond acceptors (Lipinski definition) is 3. The molecule has 0 saturated heterocycles. The van der Waals surface area contributed by atoms with E-state index < -0.39 is 8.56 Å². The van der Waals surface area contributed by atoms with Crippen molar-refractivity contribution in [3.63, 3.8) is 0 Å². The Kier molecular flexibility index (Phi) is 8.42. The lowest BCUT2D eigenvalue weighted by atomic mass is 9.92. The topological polar surface area (TPSA) is 18.5 Å². The molecular weight excluding hydrogens is 356 g/mol. The van der Waals surface area contributed by atoms with Crippen molar-refractivity contribution in [3.8, 4) is 0 Å². The van der Waals surface area contributed by atoms with Gasteiger partial charge in [0.1, 0.15) is 0 Å². The van der Waals surface area contributed by atoms with Crippen molar-refractivity contribution in [2.45, 2.75) is 44.5 Å². The molecule has 0 aliphatic rings. The van der Waals surface area contributed by atoms with E-state index in [1.807, 2.05) is 11.8 Å². The average Bonchev–Trinajstić information content (AvgIpc) is 2.67. The molecule has 0 heterocycles. The summed E-state index contributed by atoms with van der Waals surface area (Å²) >= 11 is 2.02. The van der Waals surface area contributed by atoms with Crippen molar-refractivity contribution in [2.75, 3.05) is 19.0 Å². The molecule has 0 unspecified atom stereocenters. The largest absolute Gasteiger partial charge is 0.395 e. The molecule has 0 fully saturated rings. The van der Waals surface area contributed by atoms with Crippen LogP contribution in [0.3, 0.4) is 0 Å². The maximum absolute atomic E-state index is 5.98. The van der Waals surface area contributed by atoms with Crippen LogP contribution in [0, 0.1) is 0 Å². The van der Waals surface area contributed by atoms with E-state index in [0.29, 0.717) is 0 Å². The van der Waals surface area contributed by atoms with Crippen LogP contribution in [0.25, 0.3) is 0 Å². The summed E-state index contributed by atoms with van der Waals surface area (Å²) in [5, 5.41) is 0. The van der Waals surface area contributed by atoms with Gasteiger partial charge in [0, 0.05) is 13.2 Å².